The number of amidine groups is 1. The third kappa shape index (κ3) is 4.85. The second kappa shape index (κ2) is 5.60. The van der Waals surface area contributed by atoms with Crippen LogP contribution in [-0.2, 0) is 4.79 Å². The molecule has 0 saturated carbocycles. The Kier molecular flexibility index (Phi) is 5.51. The normalized spacial score (nSPS) is 18.9. The minimum Gasteiger partial charge on any atom is -0.481 e. The van der Waals surface area contributed by atoms with E-state index in [-0.39, 0.29) is 28.1 Å². The van der Waals surface area contributed by atoms with Crippen LogP contribution >= 0.6 is 28.7 Å². The van der Waals surface area contributed by atoms with Gasteiger partial charge < -0.3 is 10.4 Å². The summed E-state index contributed by atoms with van der Waals surface area (Å²) in [5.74, 6) is -0.731. The van der Waals surface area contributed by atoms with E-state index in [0.717, 1.165) is 18.3 Å². The van der Waals surface area contributed by atoms with Crippen molar-refractivity contribution >= 4 is 39.9 Å². The van der Waals surface area contributed by atoms with Gasteiger partial charge in [-0.25, -0.2) is 0 Å². The molecule has 0 unspecified atom stereocenters. The summed E-state index contributed by atoms with van der Waals surface area (Å²) in [6.07, 6.45) is 0. The average molecular weight is 283 g/mol. The lowest BCUT2D eigenvalue weighted by molar-refractivity contribution is -0.133. The van der Waals surface area contributed by atoms with E-state index in [4.69, 9.17) is 5.11 Å². The number of thioether (sulfide) groups is 1. The van der Waals surface area contributed by atoms with Gasteiger partial charge >= 0.3 is 5.97 Å². The summed E-state index contributed by atoms with van der Waals surface area (Å²) >= 11 is 1.25. The van der Waals surface area contributed by atoms with Crippen molar-refractivity contribution in [2.24, 2.45) is 10.4 Å². The van der Waals surface area contributed by atoms with Gasteiger partial charge in [-0.15, -0.1) is 17.0 Å². The van der Waals surface area contributed by atoms with Crippen molar-refractivity contribution in [1.29, 1.82) is 0 Å². The number of hydrogen-bond acceptors (Lipinski definition) is 4. The SMILES string of the molecule is Br.CC1(C)CN=C(SCC(=O)O)NC1. The lowest BCUT2D eigenvalue weighted by atomic mass is 9.93. The molecular weight excluding hydrogens is 268 g/mol. The van der Waals surface area contributed by atoms with E-state index in [1.807, 2.05) is 0 Å². The van der Waals surface area contributed by atoms with E-state index < -0.39 is 5.97 Å². The van der Waals surface area contributed by atoms with Crippen LogP contribution in [0.15, 0.2) is 4.99 Å². The first-order valence-corrected chi connectivity index (χ1v) is 5.11. The average Bonchev–Trinajstić information content (AvgIpc) is 2.02. The maximum atomic E-state index is 10.3. The van der Waals surface area contributed by atoms with Crippen molar-refractivity contribution in [3.05, 3.63) is 0 Å². The van der Waals surface area contributed by atoms with Crippen LogP contribution in [-0.4, -0.2) is 35.1 Å². The highest BCUT2D eigenvalue weighted by molar-refractivity contribution is 8.93. The molecule has 0 bridgehead atoms. The molecule has 0 radical (unpaired) electrons. The van der Waals surface area contributed by atoms with Crippen LogP contribution in [0.2, 0.25) is 0 Å². The van der Waals surface area contributed by atoms with Gasteiger partial charge in [0.25, 0.3) is 0 Å². The Labute approximate surface area is 98.3 Å². The third-order valence-corrected chi connectivity index (χ3v) is 2.64. The van der Waals surface area contributed by atoms with Gasteiger partial charge in [-0.05, 0) is 0 Å². The fourth-order valence-corrected chi connectivity index (χ4v) is 1.53. The maximum absolute atomic E-state index is 10.3. The van der Waals surface area contributed by atoms with Gasteiger partial charge in [0.15, 0.2) is 5.17 Å². The monoisotopic (exact) mass is 282 g/mol. The first kappa shape index (κ1) is 13.8. The molecule has 2 N–H and O–H groups in total. The van der Waals surface area contributed by atoms with Crippen molar-refractivity contribution in [2.45, 2.75) is 13.8 Å². The lowest BCUT2D eigenvalue weighted by Gasteiger charge is -2.28. The molecule has 14 heavy (non-hydrogen) atoms. The number of aliphatic imine (C=N–C) groups is 1. The Morgan fingerprint density at radius 2 is 2.36 bits per heavy atom. The second-order valence-corrected chi connectivity index (χ2v) is 4.79. The Bertz CT molecular complexity index is 243. The van der Waals surface area contributed by atoms with Gasteiger partial charge in [0, 0.05) is 18.5 Å². The van der Waals surface area contributed by atoms with E-state index in [1.165, 1.54) is 11.8 Å². The first-order chi connectivity index (χ1) is 5.99. The standard InChI is InChI=1S/C8H14N2O2S.BrH/c1-8(2)4-9-7(10-5-8)13-3-6(11)12;/h3-5H2,1-2H3,(H,9,10)(H,11,12);1H. The van der Waals surface area contributed by atoms with Crippen molar-refractivity contribution in [3.8, 4) is 0 Å². The van der Waals surface area contributed by atoms with E-state index in [0.29, 0.717) is 0 Å². The minimum atomic E-state index is -0.806. The predicted molar refractivity (Wildman–Crippen MR) is 64.5 cm³/mol. The smallest absolute Gasteiger partial charge is 0.313 e. The van der Waals surface area contributed by atoms with E-state index in [9.17, 15) is 4.79 Å². The molecule has 6 heteroatoms. The Balaban J connectivity index is 0.00000169. The van der Waals surface area contributed by atoms with Crippen molar-refractivity contribution < 1.29 is 9.90 Å². The van der Waals surface area contributed by atoms with Crippen molar-refractivity contribution in [2.75, 3.05) is 18.8 Å². The zero-order valence-electron chi connectivity index (χ0n) is 8.24. The lowest BCUT2D eigenvalue weighted by Crippen LogP contribution is -2.39. The van der Waals surface area contributed by atoms with Crippen molar-refractivity contribution in [1.82, 2.24) is 5.32 Å². The maximum Gasteiger partial charge on any atom is 0.313 e. The highest BCUT2D eigenvalue weighted by atomic mass is 79.9. The molecule has 0 aromatic heterocycles. The number of nitrogens with one attached hydrogen (secondary N) is 1. The van der Waals surface area contributed by atoms with Crippen molar-refractivity contribution in [3.63, 3.8) is 0 Å². The molecular formula is C8H15BrN2O2S. The molecule has 0 fully saturated rings. The van der Waals surface area contributed by atoms with Gasteiger partial charge in [-0.2, -0.15) is 0 Å². The highest BCUT2D eigenvalue weighted by Crippen LogP contribution is 2.19. The molecule has 0 spiro atoms. The Morgan fingerprint density at radius 3 is 2.79 bits per heavy atom. The highest BCUT2D eigenvalue weighted by Gasteiger charge is 2.22. The zero-order chi connectivity index (χ0) is 9.90. The molecule has 1 aliphatic heterocycles. The van der Waals surface area contributed by atoms with Crippen LogP contribution in [0.5, 0.6) is 0 Å². The molecule has 82 valence electrons. The topological polar surface area (TPSA) is 61.7 Å². The van der Waals surface area contributed by atoms with Gasteiger partial charge in [0.05, 0.1) is 5.75 Å². The molecule has 1 heterocycles. The first-order valence-electron chi connectivity index (χ1n) is 4.12. The van der Waals surface area contributed by atoms with E-state index >= 15 is 0 Å². The quantitative estimate of drug-likeness (QED) is 0.803. The molecule has 1 rings (SSSR count). The van der Waals surface area contributed by atoms with Gasteiger partial charge in [0.2, 0.25) is 0 Å². The van der Waals surface area contributed by atoms with Gasteiger partial charge in [0.1, 0.15) is 0 Å². The van der Waals surface area contributed by atoms with Crippen LogP contribution in [0, 0.1) is 5.41 Å². The largest absolute Gasteiger partial charge is 0.481 e. The number of nitrogens with zero attached hydrogens (tertiary/aromatic N) is 1. The Hall–Kier alpha value is -0.230. The van der Waals surface area contributed by atoms with Crippen LogP contribution in [0.1, 0.15) is 13.8 Å². The van der Waals surface area contributed by atoms with E-state index in [2.05, 4.69) is 24.2 Å². The summed E-state index contributed by atoms with van der Waals surface area (Å²) in [5, 5.41) is 12.3. The number of aliphatic carboxylic acids is 1. The summed E-state index contributed by atoms with van der Waals surface area (Å²) in [7, 11) is 0. The van der Waals surface area contributed by atoms with Crippen LogP contribution in [0.4, 0.5) is 0 Å². The number of hydrogen-bond donors (Lipinski definition) is 2. The van der Waals surface area contributed by atoms with Gasteiger partial charge in [-0.3, -0.25) is 9.79 Å². The van der Waals surface area contributed by atoms with Crippen LogP contribution < -0.4 is 5.32 Å². The molecule has 1 aliphatic rings. The molecule has 0 amide bonds. The molecule has 0 atom stereocenters. The zero-order valence-corrected chi connectivity index (χ0v) is 10.8. The molecule has 0 saturated heterocycles. The fourth-order valence-electron chi connectivity index (χ4n) is 0.939. The minimum absolute atomic E-state index is 0. The summed E-state index contributed by atoms with van der Waals surface area (Å²) in [6, 6.07) is 0. The fraction of sp³-hybridized carbons (Fsp3) is 0.750. The summed E-state index contributed by atoms with van der Waals surface area (Å²) in [4.78, 5) is 14.5. The molecule has 0 aromatic rings. The number of carboxylic acid groups (broad SMARTS) is 1. The van der Waals surface area contributed by atoms with Crippen LogP contribution in [0.3, 0.4) is 0 Å². The summed E-state index contributed by atoms with van der Waals surface area (Å²) in [5.41, 5.74) is 0.188. The number of carbonyl (C=O) groups is 1. The second-order valence-electron chi connectivity index (χ2n) is 3.82. The summed E-state index contributed by atoms with van der Waals surface area (Å²) in [6.45, 7) is 5.88. The molecule has 0 aliphatic carbocycles. The Morgan fingerprint density at radius 1 is 1.71 bits per heavy atom. The predicted octanol–water partition coefficient (Wildman–Crippen LogP) is 1.37. The van der Waals surface area contributed by atoms with Crippen LogP contribution in [0.25, 0.3) is 0 Å². The number of rotatable bonds is 2. The van der Waals surface area contributed by atoms with E-state index in [1.54, 1.807) is 0 Å². The summed E-state index contributed by atoms with van der Waals surface area (Å²) < 4.78 is 0. The third-order valence-electron chi connectivity index (χ3n) is 1.70. The molecule has 4 nitrogen and oxygen atoms in total. The van der Waals surface area contributed by atoms with Gasteiger partial charge in [-0.1, -0.05) is 25.6 Å². The number of halogens is 1. The number of carboxylic acids is 1. The molecule has 0 aromatic carbocycles.